The quantitative estimate of drug-likeness (QED) is 0.861. The number of nitrogens with zero attached hydrogens (tertiary/aromatic N) is 1. The van der Waals surface area contributed by atoms with Crippen molar-refractivity contribution >= 4 is 11.9 Å². The molecule has 94 valence electrons. The van der Waals surface area contributed by atoms with E-state index in [4.69, 9.17) is 9.47 Å². The van der Waals surface area contributed by atoms with Gasteiger partial charge in [0.1, 0.15) is 11.5 Å². The minimum atomic E-state index is -0.290. The van der Waals surface area contributed by atoms with Crippen molar-refractivity contribution in [3.05, 3.63) is 36.2 Å². The van der Waals surface area contributed by atoms with Gasteiger partial charge >= 0.3 is 0 Å². The van der Waals surface area contributed by atoms with Gasteiger partial charge in [-0.05, 0) is 12.1 Å². The molecule has 1 aromatic carbocycles. The first-order chi connectivity index (χ1) is 8.72. The van der Waals surface area contributed by atoms with Crippen molar-refractivity contribution in [3.8, 4) is 11.5 Å². The number of hydrogen-bond acceptors (Lipinski definition) is 4. The van der Waals surface area contributed by atoms with Crippen LogP contribution in [0.25, 0.3) is 0 Å². The molecule has 0 aliphatic rings. The van der Waals surface area contributed by atoms with Crippen molar-refractivity contribution in [2.45, 2.75) is 0 Å². The lowest BCUT2D eigenvalue weighted by Gasteiger charge is -2.08. The van der Waals surface area contributed by atoms with E-state index in [1.54, 1.807) is 30.6 Å². The Balaban J connectivity index is 2.23. The summed E-state index contributed by atoms with van der Waals surface area (Å²) in [6, 6.07) is 4.95. The number of methoxy groups -OCH3 is 2. The van der Waals surface area contributed by atoms with E-state index in [-0.39, 0.29) is 5.91 Å². The van der Waals surface area contributed by atoms with E-state index < -0.39 is 0 Å². The zero-order valence-corrected chi connectivity index (χ0v) is 10.1. The number of hydrogen-bond donors (Lipinski definition) is 2. The molecule has 0 atom stereocenters. The second-order valence-electron chi connectivity index (χ2n) is 3.49. The second-order valence-corrected chi connectivity index (χ2v) is 3.49. The number of anilines is 1. The van der Waals surface area contributed by atoms with E-state index in [1.807, 2.05) is 0 Å². The first-order valence-electron chi connectivity index (χ1n) is 5.26. The van der Waals surface area contributed by atoms with Crippen molar-refractivity contribution in [2.75, 3.05) is 19.5 Å². The lowest BCUT2D eigenvalue weighted by molar-refractivity contribution is 0.102. The lowest BCUT2D eigenvalue weighted by Crippen LogP contribution is -2.13. The molecule has 2 rings (SSSR count). The van der Waals surface area contributed by atoms with Gasteiger partial charge in [0.05, 0.1) is 14.2 Å². The Bertz CT molecular complexity index is 515. The van der Waals surface area contributed by atoms with E-state index in [0.717, 1.165) is 0 Å². The Morgan fingerprint density at radius 3 is 2.39 bits per heavy atom. The molecule has 0 radical (unpaired) electrons. The molecule has 0 fully saturated rings. The van der Waals surface area contributed by atoms with Gasteiger partial charge in [-0.1, -0.05) is 0 Å². The number of carbonyl (C=O) groups is 1. The van der Waals surface area contributed by atoms with Crippen molar-refractivity contribution < 1.29 is 14.3 Å². The third-order valence-electron chi connectivity index (χ3n) is 2.34. The number of imidazole rings is 1. The molecule has 1 amide bonds. The number of benzene rings is 1. The maximum Gasteiger partial charge on any atom is 0.258 e. The molecule has 0 aliphatic carbocycles. The van der Waals surface area contributed by atoms with Crippen LogP contribution in [0.15, 0.2) is 30.6 Å². The first kappa shape index (κ1) is 12.0. The van der Waals surface area contributed by atoms with Gasteiger partial charge in [0, 0.05) is 24.0 Å². The Labute approximate surface area is 104 Å². The van der Waals surface area contributed by atoms with E-state index in [2.05, 4.69) is 15.3 Å². The summed E-state index contributed by atoms with van der Waals surface area (Å²) in [6.07, 6.45) is 3.18. The monoisotopic (exact) mass is 247 g/mol. The van der Waals surface area contributed by atoms with E-state index >= 15 is 0 Å². The van der Waals surface area contributed by atoms with Crippen LogP contribution in [0.5, 0.6) is 11.5 Å². The number of ether oxygens (including phenoxy) is 2. The summed E-state index contributed by atoms with van der Waals surface area (Å²) in [7, 11) is 3.06. The van der Waals surface area contributed by atoms with Gasteiger partial charge in [-0.25, -0.2) is 4.98 Å². The molecule has 1 aromatic heterocycles. The predicted octanol–water partition coefficient (Wildman–Crippen LogP) is 1.68. The molecule has 6 heteroatoms. The number of amides is 1. The number of rotatable bonds is 4. The van der Waals surface area contributed by atoms with Gasteiger partial charge in [0.2, 0.25) is 5.95 Å². The minimum Gasteiger partial charge on any atom is -0.497 e. The molecule has 0 bridgehead atoms. The highest BCUT2D eigenvalue weighted by molar-refractivity contribution is 6.03. The first-order valence-corrected chi connectivity index (χ1v) is 5.26. The summed E-state index contributed by atoms with van der Waals surface area (Å²) in [5, 5.41) is 2.62. The molecular formula is C12H13N3O3. The highest BCUT2D eigenvalue weighted by Gasteiger charge is 2.10. The normalized spacial score (nSPS) is 9.89. The Morgan fingerprint density at radius 2 is 1.89 bits per heavy atom. The third kappa shape index (κ3) is 2.60. The van der Waals surface area contributed by atoms with Crippen LogP contribution < -0.4 is 14.8 Å². The Kier molecular flexibility index (Phi) is 3.47. The molecule has 0 saturated heterocycles. The lowest BCUT2D eigenvalue weighted by atomic mass is 10.2. The highest BCUT2D eigenvalue weighted by Crippen LogP contribution is 2.22. The molecule has 0 aliphatic heterocycles. The topological polar surface area (TPSA) is 76.2 Å². The van der Waals surface area contributed by atoms with Crippen LogP contribution in [0.1, 0.15) is 10.4 Å². The molecule has 2 aromatic rings. The Morgan fingerprint density at radius 1 is 1.22 bits per heavy atom. The van der Waals surface area contributed by atoms with Crippen molar-refractivity contribution in [1.82, 2.24) is 9.97 Å². The summed E-state index contributed by atoms with van der Waals surface area (Å²) in [6.45, 7) is 0. The van der Waals surface area contributed by atoms with Crippen molar-refractivity contribution in [2.24, 2.45) is 0 Å². The van der Waals surface area contributed by atoms with Crippen LogP contribution in [0.3, 0.4) is 0 Å². The number of aromatic amines is 1. The molecular weight excluding hydrogens is 234 g/mol. The summed E-state index contributed by atoms with van der Waals surface area (Å²) >= 11 is 0. The van der Waals surface area contributed by atoms with Gasteiger partial charge in [-0.15, -0.1) is 0 Å². The molecule has 2 N–H and O–H groups in total. The van der Waals surface area contributed by atoms with Crippen molar-refractivity contribution in [3.63, 3.8) is 0 Å². The van der Waals surface area contributed by atoms with E-state index in [0.29, 0.717) is 23.0 Å². The van der Waals surface area contributed by atoms with Gasteiger partial charge in [0.15, 0.2) is 0 Å². The fraction of sp³-hybridized carbons (Fsp3) is 0.167. The molecule has 0 spiro atoms. The summed E-state index contributed by atoms with van der Waals surface area (Å²) < 4.78 is 10.2. The van der Waals surface area contributed by atoms with Crippen LogP contribution in [0.2, 0.25) is 0 Å². The van der Waals surface area contributed by atoms with Crippen LogP contribution >= 0.6 is 0 Å². The second kappa shape index (κ2) is 5.22. The summed E-state index contributed by atoms with van der Waals surface area (Å²) in [4.78, 5) is 18.7. The fourth-order valence-corrected chi connectivity index (χ4v) is 1.45. The predicted molar refractivity (Wildman–Crippen MR) is 66.1 cm³/mol. The number of carbonyl (C=O) groups excluding carboxylic acids is 1. The van der Waals surface area contributed by atoms with Crippen LogP contribution in [0, 0.1) is 0 Å². The van der Waals surface area contributed by atoms with Gasteiger partial charge in [-0.3, -0.25) is 10.1 Å². The van der Waals surface area contributed by atoms with Crippen molar-refractivity contribution in [1.29, 1.82) is 0 Å². The minimum absolute atomic E-state index is 0.290. The average Bonchev–Trinajstić information content (AvgIpc) is 2.90. The largest absolute Gasteiger partial charge is 0.497 e. The average molecular weight is 247 g/mol. The number of aromatic nitrogens is 2. The Hall–Kier alpha value is -2.50. The maximum absolute atomic E-state index is 12.0. The molecule has 0 unspecified atom stereocenters. The third-order valence-corrected chi connectivity index (χ3v) is 2.34. The fourth-order valence-electron chi connectivity index (χ4n) is 1.45. The molecule has 1 heterocycles. The summed E-state index contributed by atoms with van der Waals surface area (Å²) in [5.41, 5.74) is 0.433. The number of H-pyrrole nitrogens is 1. The maximum atomic E-state index is 12.0. The number of nitrogens with one attached hydrogen (secondary N) is 2. The highest BCUT2D eigenvalue weighted by atomic mass is 16.5. The zero-order valence-electron chi connectivity index (χ0n) is 10.1. The molecule has 6 nitrogen and oxygen atoms in total. The smallest absolute Gasteiger partial charge is 0.258 e. The standard InChI is InChI=1S/C12H13N3O3/c1-17-9-5-8(6-10(7-9)18-2)11(16)15-12-13-3-4-14-12/h3-7H,1-2H3,(H2,13,14,15,16). The van der Waals surface area contributed by atoms with Gasteiger partial charge in [-0.2, -0.15) is 0 Å². The van der Waals surface area contributed by atoms with Gasteiger partial charge < -0.3 is 14.5 Å². The SMILES string of the molecule is COc1cc(OC)cc(C(=O)Nc2ncc[nH]2)c1. The van der Waals surface area contributed by atoms with Crippen LogP contribution in [-0.4, -0.2) is 30.1 Å². The van der Waals surface area contributed by atoms with E-state index in [9.17, 15) is 4.79 Å². The van der Waals surface area contributed by atoms with Crippen LogP contribution in [-0.2, 0) is 0 Å². The van der Waals surface area contributed by atoms with Gasteiger partial charge in [0.25, 0.3) is 5.91 Å². The molecule has 18 heavy (non-hydrogen) atoms. The molecule has 0 saturated carbocycles. The van der Waals surface area contributed by atoms with E-state index in [1.165, 1.54) is 14.2 Å². The zero-order chi connectivity index (χ0) is 13.0. The van der Waals surface area contributed by atoms with Crippen LogP contribution in [0.4, 0.5) is 5.95 Å². The summed E-state index contributed by atoms with van der Waals surface area (Å²) in [5.74, 6) is 1.21.